The van der Waals surface area contributed by atoms with Crippen molar-refractivity contribution in [2.24, 2.45) is 5.92 Å². The molecule has 0 radical (unpaired) electrons. The highest BCUT2D eigenvalue weighted by Crippen LogP contribution is 2.22. The number of aryl methyl sites for hydroxylation is 1. The van der Waals surface area contributed by atoms with Crippen LogP contribution in [0, 0.1) is 5.92 Å². The van der Waals surface area contributed by atoms with E-state index in [1.54, 1.807) is 12.1 Å². The zero-order valence-corrected chi connectivity index (χ0v) is 15.9. The van der Waals surface area contributed by atoms with Crippen molar-refractivity contribution >= 4 is 11.9 Å². The minimum atomic E-state index is -0.337. The molecule has 27 heavy (non-hydrogen) atoms. The molecule has 2 aromatic carbocycles. The fourth-order valence-electron chi connectivity index (χ4n) is 3.67. The third-order valence-corrected chi connectivity index (χ3v) is 5.34. The van der Waals surface area contributed by atoms with Crippen LogP contribution in [-0.4, -0.2) is 37.0 Å². The molecule has 0 aliphatic carbocycles. The van der Waals surface area contributed by atoms with Gasteiger partial charge in [-0.25, -0.2) is 4.79 Å². The Kier molecular flexibility index (Phi) is 6.64. The van der Waals surface area contributed by atoms with Gasteiger partial charge in [0, 0.05) is 19.5 Å². The Balaban J connectivity index is 1.42. The molecule has 1 fully saturated rings. The molecule has 142 valence electrons. The summed E-state index contributed by atoms with van der Waals surface area (Å²) in [5.41, 5.74) is 2.99. The first kappa shape index (κ1) is 19.2. The molecule has 0 bridgehead atoms. The SMILES string of the molecule is COC(=O)c1ccc(CCC(=O)N2CCC(Cc3ccccc3)CC2)cc1. The second-order valence-electron chi connectivity index (χ2n) is 7.20. The van der Waals surface area contributed by atoms with Crippen molar-refractivity contribution < 1.29 is 14.3 Å². The monoisotopic (exact) mass is 365 g/mol. The van der Waals surface area contributed by atoms with Crippen molar-refractivity contribution in [1.29, 1.82) is 0 Å². The molecular formula is C23H27NO3. The maximum absolute atomic E-state index is 12.5. The van der Waals surface area contributed by atoms with Crippen LogP contribution in [0.5, 0.6) is 0 Å². The molecule has 4 nitrogen and oxygen atoms in total. The average Bonchev–Trinajstić information content (AvgIpc) is 2.73. The standard InChI is InChI=1S/C23H27NO3/c1-27-23(26)21-10-7-18(8-11-21)9-12-22(25)24-15-13-20(14-16-24)17-19-5-3-2-4-6-19/h2-8,10-11,20H,9,12-17H2,1H3. The number of carbonyl (C=O) groups is 2. The van der Waals surface area contributed by atoms with Crippen molar-refractivity contribution in [3.05, 3.63) is 71.3 Å². The third-order valence-electron chi connectivity index (χ3n) is 5.34. The van der Waals surface area contributed by atoms with Crippen LogP contribution in [0.4, 0.5) is 0 Å². The molecule has 4 heteroatoms. The topological polar surface area (TPSA) is 46.6 Å². The summed E-state index contributed by atoms with van der Waals surface area (Å²) in [5.74, 6) is 0.559. The van der Waals surface area contributed by atoms with Crippen molar-refractivity contribution in [3.8, 4) is 0 Å². The van der Waals surface area contributed by atoms with E-state index in [1.807, 2.05) is 23.1 Å². The van der Waals surface area contributed by atoms with Crippen molar-refractivity contribution in [2.45, 2.75) is 32.1 Å². The quantitative estimate of drug-likeness (QED) is 0.730. The Morgan fingerprint density at radius 2 is 1.63 bits per heavy atom. The Labute approximate surface area is 161 Å². The number of likely N-dealkylation sites (tertiary alicyclic amines) is 1. The lowest BCUT2D eigenvalue weighted by molar-refractivity contribution is -0.132. The number of rotatable bonds is 6. The van der Waals surface area contributed by atoms with Crippen LogP contribution in [0.2, 0.25) is 0 Å². The summed E-state index contributed by atoms with van der Waals surface area (Å²) in [6.45, 7) is 1.72. The van der Waals surface area contributed by atoms with E-state index in [4.69, 9.17) is 4.74 Å². The van der Waals surface area contributed by atoms with Gasteiger partial charge in [-0.05, 0) is 54.9 Å². The van der Waals surface area contributed by atoms with E-state index in [0.717, 1.165) is 37.9 Å². The maximum atomic E-state index is 12.5. The van der Waals surface area contributed by atoms with E-state index >= 15 is 0 Å². The molecule has 1 amide bonds. The first-order valence-corrected chi connectivity index (χ1v) is 9.64. The molecule has 1 saturated heterocycles. The molecule has 0 atom stereocenters. The number of carbonyl (C=O) groups excluding carboxylic acids is 2. The van der Waals surface area contributed by atoms with Crippen LogP contribution >= 0.6 is 0 Å². The van der Waals surface area contributed by atoms with E-state index in [2.05, 4.69) is 24.3 Å². The van der Waals surface area contributed by atoms with Crippen LogP contribution in [0.1, 0.15) is 40.7 Å². The van der Waals surface area contributed by atoms with Crippen LogP contribution in [0.15, 0.2) is 54.6 Å². The fraction of sp³-hybridized carbons (Fsp3) is 0.391. The highest BCUT2D eigenvalue weighted by Gasteiger charge is 2.22. The molecule has 3 rings (SSSR count). The highest BCUT2D eigenvalue weighted by atomic mass is 16.5. The van der Waals surface area contributed by atoms with E-state index in [9.17, 15) is 9.59 Å². The number of ether oxygens (including phenoxy) is 1. The summed E-state index contributed by atoms with van der Waals surface area (Å²) in [7, 11) is 1.37. The van der Waals surface area contributed by atoms with Crippen LogP contribution in [0.3, 0.4) is 0 Å². The minimum absolute atomic E-state index is 0.227. The summed E-state index contributed by atoms with van der Waals surface area (Å²) >= 11 is 0. The summed E-state index contributed by atoms with van der Waals surface area (Å²) in [6, 6.07) is 17.9. The Hall–Kier alpha value is -2.62. The first-order valence-electron chi connectivity index (χ1n) is 9.64. The summed E-state index contributed by atoms with van der Waals surface area (Å²) < 4.78 is 4.70. The molecule has 0 N–H and O–H groups in total. The largest absolute Gasteiger partial charge is 0.465 e. The molecule has 1 aliphatic rings. The van der Waals surface area contributed by atoms with Crippen LogP contribution in [0.25, 0.3) is 0 Å². The lowest BCUT2D eigenvalue weighted by Crippen LogP contribution is -2.39. The van der Waals surface area contributed by atoms with Crippen molar-refractivity contribution in [2.75, 3.05) is 20.2 Å². The number of piperidine rings is 1. The molecule has 0 aromatic heterocycles. The number of hydrogen-bond acceptors (Lipinski definition) is 3. The van der Waals surface area contributed by atoms with Gasteiger partial charge in [0.2, 0.25) is 5.91 Å². The van der Waals surface area contributed by atoms with Gasteiger partial charge in [-0.2, -0.15) is 0 Å². The summed E-state index contributed by atoms with van der Waals surface area (Å²) in [6.07, 6.45) is 4.48. The van der Waals surface area contributed by atoms with E-state index in [-0.39, 0.29) is 11.9 Å². The lowest BCUT2D eigenvalue weighted by atomic mass is 9.90. The highest BCUT2D eigenvalue weighted by molar-refractivity contribution is 5.89. The number of amides is 1. The van der Waals surface area contributed by atoms with E-state index in [0.29, 0.717) is 24.3 Å². The fourth-order valence-corrected chi connectivity index (χ4v) is 3.67. The van der Waals surface area contributed by atoms with Crippen molar-refractivity contribution in [1.82, 2.24) is 4.90 Å². The normalized spacial score (nSPS) is 14.8. The van der Waals surface area contributed by atoms with Crippen LogP contribution < -0.4 is 0 Å². The number of hydrogen-bond donors (Lipinski definition) is 0. The minimum Gasteiger partial charge on any atom is -0.465 e. The van der Waals surface area contributed by atoms with Gasteiger partial charge in [0.25, 0.3) is 0 Å². The van der Waals surface area contributed by atoms with Gasteiger partial charge in [-0.1, -0.05) is 42.5 Å². The zero-order chi connectivity index (χ0) is 19.1. The number of esters is 1. The van der Waals surface area contributed by atoms with Gasteiger partial charge in [0.1, 0.15) is 0 Å². The predicted molar refractivity (Wildman–Crippen MR) is 106 cm³/mol. The van der Waals surface area contributed by atoms with E-state index < -0.39 is 0 Å². The van der Waals surface area contributed by atoms with E-state index in [1.165, 1.54) is 12.7 Å². The molecule has 0 spiro atoms. The summed E-state index contributed by atoms with van der Waals surface area (Å²) in [4.78, 5) is 26.0. The Bertz CT molecular complexity index is 747. The number of methoxy groups -OCH3 is 1. The van der Waals surface area contributed by atoms with Gasteiger partial charge in [0.15, 0.2) is 0 Å². The molecular weight excluding hydrogens is 338 g/mol. The van der Waals surface area contributed by atoms with Crippen molar-refractivity contribution in [3.63, 3.8) is 0 Å². The van der Waals surface area contributed by atoms with Gasteiger partial charge in [0.05, 0.1) is 12.7 Å². The Morgan fingerprint density at radius 3 is 2.26 bits per heavy atom. The van der Waals surface area contributed by atoms with Gasteiger partial charge >= 0.3 is 5.97 Å². The van der Waals surface area contributed by atoms with Gasteiger partial charge in [-0.3, -0.25) is 4.79 Å². The molecule has 0 saturated carbocycles. The number of benzene rings is 2. The second kappa shape index (κ2) is 9.36. The van der Waals surface area contributed by atoms with Gasteiger partial charge in [-0.15, -0.1) is 0 Å². The molecule has 1 heterocycles. The lowest BCUT2D eigenvalue weighted by Gasteiger charge is -2.32. The van der Waals surface area contributed by atoms with Gasteiger partial charge < -0.3 is 9.64 Å². The average molecular weight is 365 g/mol. The first-order chi connectivity index (χ1) is 13.2. The molecule has 0 unspecified atom stereocenters. The van der Waals surface area contributed by atoms with Crippen LogP contribution in [-0.2, 0) is 22.4 Å². The molecule has 2 aromatic rings. The second-order valence-corrected chi connectivity index (χ2v) is 7.20. The predicted octanol–water partition coefficient (Wildman–Crippen LogP) is 3.89. The number of nitrogens with zero attached hydrogens (tertiary/aromatic N) is 1. The summed E-state index contributed by atoms with van der Waals surface area (Å²) in [5, 5.41) is 0. The molecule has 1 aliphatic heterocycles. The zero-order valence-electron chi connectivity index (χ0n) is 15.9. The Morgan fingerprint density at radius 1 is 0.963 bits per heavy atom. The smallest absolute Gasteiger partial charge is 0.337 e. The third kappa shape index (κ3) is 5.43. The maximum Gasteiger partial charge on any atom is 0.337 e.